The third-order valence-electron chi connectivity index (χ3n) is 6.51. The number of carbonyl (C=O) groups excluding carboxylic acids is 2. The van der Waals surface area contributed by atoms with Gasteiger partial charge in [0.15, 0.2) is 0 Å². The monoisotopic (exact) mass is 456 g/mol. The Hall–Kier alpha value is -2.77. The van der Waals surface area contributed by atoms with Crippen molar-refractivity contribution in [3.05, 3.63) is 59.7 Å². The Morgan fingerprint density at radius 3 is 2.34 bits per heavy atom. The van der Waals surface area contributed by atoms with E-state index in [9.17, 15) is 9.59 Å². The number of piperidine rings is 1. The number of anilines is 2. The lowest BCUT2D eigenvalue weighted by Gasteiger charge is -2.40. The average molecular weight is 457 g/mol. The first-order valence-corrected chi connectivity index (χ1v) is 11.1. The second kappa shape index (κ2) is 9.79. The van der Waals surface area contributed by atoms with E-state index in [1.165, 1.54) is 5.69 Å². The van der Waals surface area contributed by atoms with Crippen molar-refractivity contribution in [1.29, 1.82) is 0 Å². The summed E-state index contributed by atoms with van der Waals surface area (Å²) in [5, 5.41) is 3.36. The van der Waals surface area contributed by atoms with Gasteiger partial charge in [0.1, 0.15) is 6.61 Å². The van der Waals surface area contributed by atoms with Crippen LogP contribution in [0.2, 0.25) is 0 Å². The maximum Gasteiger partial charge on any atom is 0.414 e. The molecule has 0 radical (unpaired) electrons. The zero-order chi connectivity index (χ0) is 21.2. The normalized spacial score (nSPS) is 19.1. The Morgan fingerprint density at radius 1 is 0.938 bits per heavy atom. The number of piperazine rings is 1. The molecule has 0 aromatic heterocycles. The number of fused-ring (bicyclic) bond motifs is 1. The van der Waals surface area contributed by atoms with E-state index in [2.05, 4.69) is 10.2 Å². The maximum atomic E-state index is 13.0. The fourth-order valence-electron chi connectivity index (χ4n) is 4.77. The molecule has 0 unspecified atom stereocenters. The molecule has 3 aliphatic rings. The highest BCUT2D eigenvalue weighted by Crippen LogP contribution is 2.32. The van der Waals surface area contributed by atoms with E-state index in [-0.39, 0.29) is 30.4 Å². The number of likely N-dealkylation sites (tertiary alicyclic amines) is 1. The summed E-state index contributed by atoms with van der Waals surface area (Å²) in [5.74, 6) is 0.0620. The van der Waals surface area contributed by atoms with Crippen molar-refractivity contribution in [3.63, 3.8) is 0 Å². The molecule has 0 spiro atoms. The number of hydrogen-bond donors (Lipinski definition) is 1. The van der Waals surface area contributed by atoms with E-state index >= 15 is 0 Å². The SMILES string of the molecule is Cl.O=C(c1ccc(N2CCNCC2)cc1)N1CCC(N2C(=O)OCc3ccccc32)CC1. The summed E-state index contributed by atoms with van der Waals surface area (Å²) in [5.41, 5.74) is 3.86. The van der Waals surface area contributed by atoms with Crippen LogP contribution < -0.4 is 15.1 Å². The van der Waals surface area contributed by atoms with Gasteiger partial charge >= 0.3 is 6.09 Å². The molecule has 3 aliphatic heterocycles. The molecule has 0 aliphatic carbocycles. The van der Waals surface area contributed by atoms with Crippen LogP contribution in [0.1, 0.15) is 28.8 Å². The number of rotatable bonds is 3. The quantitative estimate of drug-likeness (QED) is 0.767. The molecule has 7 nitrogen and oxygen atoms in total. The van der Waals surface area contributed by atoms with Crippen molar-refractivity contribution in [3.8, 4) is 0 Å². The number of benzene rings is 2. The number of ether oxygens (including phenoxy) is 1. The highest BCUT2D eigenvalue weighted by molar-refractivity contribution is 5.95. The van der Waals surface area contributed by atoms with Gasteiger partial charge in [-0.25, -0.2) is 4.79 Å². The molecular formula is C24H29ClN4O3. The summed E-state index contributed by atoms with van der Waals surface area (Å²) in [6.07, 6.45) is 1.20. The van der Waals surface area contributed by atoms with E-state index < -0.39 is 0 Å². The molecule has 2 saturated heterocycles. The molecule has 3 heterocycles. The van der Waals surface area contributed by atoms with Crippen molar-refractivity contribution in [1.82, 2.24) is 10.2 Å². The predicted molar refractivity (Wildman–Crippen MR) is 127 cm³/mol. The molecule has 170 valence electrons. The van der Waals surface area contributed by atoms with Crippen molar-refractivity contribution in [2.75, 3.05) is 49.1 Å². The van der Waals surface area contributed by atoms with E-state index in [1.54, 1.807) is 4.90 Å². The molecular weight excluding hydrogens is 428 g/mol. The van der Waals surface area contributed by atoms with Crippen molar-refractivity contribution >= 4 is 35.8 Å². The summed E-state index contributed by atoms with van der Waals surface area (Å²) in [7, 11) is 0. The minimum atomic E-state index is -0.285. The smallest absolute Gasteiger partial charge is 0.414 e. The number of carbonyl (C=O) groups is 2. The summed E-state index contributed by atoms with van der Waals surface area (Å²) in [4.78, 5) is 31.5. The van der Waals surface area contributed by atoms with Crippen LogP contribution in [0.4, 0.5) is 16.2 Å². The largest absolute Gasteiger partial charge is 0.444 e. The van der Waals surface area contributed by atoms with Crippen molar-refractivity contribution < 1.29 is 14.3 Å². The first-order valence-electron chi connectivity index (χ1n) is 11.1. The maximum absolute atomic E-state index is 13.0. The Balaban J connectivity index is 0.00000245. The number of nitrogens with zero attached hydrogens (tertiary/aromatic N) is 3. The standard InChI is InChI=1S/C24H28N4O3.ClH/c29-23(18-5-7-20(8-6-18)26-15-11-25-12-16-26)27-13-9-21(10-14-27)28-22-4-2-1-3-19(22)17-31-24(28)30;/h1-8,21,25H,9-17H2;1H. The number of cyclic esters (lactones) is 1. The zero-order valence-corrected chi connectivity index (χ0v) is 18.9. The molecule has 5 rings (SSSR count). The van der Waals surface area contributed by atoms with Crippen LogP contribution in [0.25, 0.3) is 0 Å². The Morgan fingerprint density at radius 2 is 1.62 bits per heavy atom. The minimum absolute atomic E-state index is 0. The van der Waals surface area contributed by atoms with Crippen LogP contribution in [-0.4, -0.2) is 62.2 Å². The first kappa shape index (κ1) is 22.4. The molecule has 0 bridgehead atoms. The second-order valence-electron chi connectivity index (χ2n) is 8.36. The second-order valence-corrected chi connectivity index (χ2v) is 8.36. The highest BCUT2D eigenvalue weighted by atomic mass is 35.5. The van der Waals surface area contributed by atoms with Crippen LogP contribution in [0.5, 0.6) is 0 Å². The lowest BCUT2D eigenvalue weighted by Crippen LogP contribution is -2.50. The topological polar surface area (TPSA) is 65.1 Å². The van der Waals surface area contributed by atoms with Gasteiger partial charge in [-0.15, -0.1) is 12.4 Å². The molecule has 8 heteroatoms. The zero-order valence-electron chi connectivity index (χ0n) is 18.0. The van der Waals surface area contributed by atoms with Crippen LogP contribution in [-0.2, 0) is 11.3 Å². The molecule has 2 amide bonds. The molecule has 2 fully saturated rings. The number of amides is 2. The third kappa shape index (κ3) is 4.40. The fraction of sp³-hybridized carbons (Fsp3) is 0.417. The summed E-state index contributed by atoms with van der Waals surface area (Å²) in [6, 6.07) is 15.9. The van der Waals surface area contributed by atoms with Crippen LogP contribution in [0, 0.1) is 0 Å². The van der Waals surface area contributed by atoms with Gasteiger partial charge in [-0.2, -0.15) is 0 Å². The molecule has 32 heavy (non-hydrogen) atoms. The Labute approximate surface area is 194 Å². The van der Waals surface area contributed by atoms with Gasteiger partial charge in [-0.05, 0) is 43.2 Å². The number of nitrogens with one attached hydrogen (secondary N) is 1. The average Bonchev–Trinajstić information content (AvgIpc) is 2.84. The fourth-order valence-corrected chi connectivity index (χ4v) is 4.77. The number of halogens is 1. The van der Waals surface area contributed by atoms with Gasteiger partial charge in [0, 0.05) is 62.1 Å². The Kier molecular flexibility index (Phi) is 6.86. The van der Waals surface area contributed by atoms with Gasteiger partial charge in [-0.3, -0.25) is 9.69 Å². The molecule has 2 aromatic rings. The van der Waals surface area contributed by atoms with E-state index in [4.69, 9.17) is 4.74 Å². The first-order chi connectivity index (χ1) is 15.2. The predicted octanol–water partition coefficient (Wildman–Crippen LogP) is 3.28. The van der Waals surface area contributed by atoms with Crippen LogP contribution >= 0.6 is 12.4 Å². The lowest BCUT2D eigenvalue weighted by atomic mass is 10.00. The van der Waals surface area contributed by atoms with Gasteiger partial charge in [0.25, 0.3) is 5.91 Å². The minimum Gasteiger partial charge on any atom is -0.444 e. The summed E-state index contributed by atoms with van der Waals surface area (Å²) in [6.45, 7) is 5.55. The Bertz CT molecular complexity index is 954. The summed E-state index contributed by atoms with van der Waals surface area (Å²) >= 11 is 0. The molecule has 0 saturated carbocycles. The highest BCUT2D eigenvalue weighted by Gasteiger charge is 2.35. The van der Waals surface area contributed by atoms with Gasteiger partial charge in [-0.1, -0.05) is 18.2 Å². The van der Waals surface area contributed by atoms with Crippen molar-refractivity contribution in [2.45, 2.75) is 25.5 Å². The van der Waals surface area contributed by atoms with E-state index in [0.717, 1.165) is 55.8 Å². The van der Waals surface area contributed by atoms with Gasteiger partial charge < -0.3 is 19.9 Å². The third-order valence-corrected chi connectivity index (χ3v) is 6.51. The van der Waals surface area contributed by atoms with Crippen LogP contribution in [0.3, 0.4) is 0 Å². The lowest BCUT2D eigenvalue weighted by molar-refractivity contribution is 0.0708. The van der Waals surface area contributed by atoms with Crippen LogP contribution in [0.15, 0.2) is 48.5 Å². The molecule has 1 N–H and O–H groups in total. The van der Waals surface area contributed by atoms with Gasteiger partial charge in [0.2, 0.25) is 0 Å². The number of para-hydroxylation sites is 1. The van der Waals surface area contributed by atoms with Gasteiger partial charge in [0.05, 0.1) is 5.69 Å². The summed E-state index contributed by atoms with van der Waals surface area (Å²) < 4.78 is 5.37. The molecule has 0 atom stereocenters. The van der Waals surface area contributed by atoms with E-state index in [1.807, 2.05) is 53.4 Å². The molecule has 2 aromatic carbocycles. The van der Waals surface area contributed by atoms with Crippen molar-refractivity contribution in [2.24, 2.45) is 0 Å². The van der Waals surface area contributed by atoms with E-state index in [0.29, 0.717) is 19.7 Å². The number of hydrogen-bond acceptors (Lipinski definition) is 5.